The van der Waals surface area contributed by atoms with Gasteiger partial charge in [-0.2, -0.15) is 4.98 Å². The minimum Gasteiger partial charge on any atom is -0.490 e. The summed E-state index contributed by atoms with van der Waals surface area (Å²) in [6, 6.07) is 7.79. The largest absolute Gasteiger partial charge is 0.490 e. The van der Waals surface area contributed by atoms with Crippen molar-refractivity contribution in [2.45, 2.75) is 27.7 Å². The first-order chi connectivity index (χ1) is 16.0. The summed E-state index contributed by atoms with van der Waals surface area (Å²) >= 11 is 0. The molecule has 1 fully saturated rings. The Hall–Kier alpha value is -3.49. The second-order valence-corrected chi connectivity index (χ2v) is 7.65. The molecular formula is C24H30N4O5. The van der Waals surface area contributed by atoms with Crippen molar-refractivity contribution in [3.63, 3.8) is 0 Å². The van der Waals surface area contributed by atoms with E-state index >= 15 is 0 Å². The topological polar surface area (TPSA) is 90.2 Å². The zero-order valence-electron chi connectivity index (χ0n) is 19.6. The van der Waals surface area contributed by atoms with Crippen LogP contribution in [-0.4, -0.2) is 66.8 Å². The van der Waals surface area contributed by atoms with Gasteiger partial charge in [-0.3, -0.25) is 4.79 Å². The fourth-order valence-electron chi connectivity index (χ4n) is 3.83. The molecule has 1 aliphatic heterocycles. The van der Waals surface area contributed by atoms with E-state index in [1.165, 1.54) is 0 Å². The number of piperazine rings is 1. The molecule has 0 radical (unpaired) electrons. The molecule has 2 aromatic heterocycles. The maximum Gasteiger partial charge on any atom is 0.300 e. The highest BCUT2D eigenvalue weighted by atomic mass is 16.5. The second kappa shape index (κ2) is 9.97. The van der Waals surface area contributed by atoms with Crippen molar-refractivity contribution >= 4 is 23.2 Å². The molecule has 0 bridgehead atoms. The van der Waals surface area contributed by atoms with Crippen LogP contribution in [0, 0.1) is 6.92 Å². The van der Waals surface area contributed by atoms with Crippen molar-refractivity contribution in [3.05, 3.63) is 35.5 Å². The van der Waals surface area contributed by atoms with Crippen molar-refractivity contribution in [2.24, 2.45) is 0 Å². The third-order valence-electron chi connectivity index (χ3n) is 5.37. The third-order valence-corrected chi connectivity index (χ3v) is 5.37. The van der Waals surface area contributed by atoms with E-state index in [9.17, 15) is 4.79 Å². The predicted octanol–water partition coefficient (Wildman–Crippen LogP) is 3.69. The molecule has 1 amide bonds. The highest BCUT2D eigenvalue weighted by Crippen LogP contribution is 2.39. The molecule has 0 atom stereocenters. The number of carbonyl (C=O) groups is 1. The average molecular weight is 455 g/mol. The van der Waals surface area contributed by atoms with Crippen LogP contribution in [0.1, 0.15) is 36.8 Å². The van der Waals surface area contributed by atoms with Gasteiger partial charge in [0.05, 0.1) is 19.8 Å². The normalized spacial score (nSPS) is 13.9. The van der Waals surface area contributed by atoms with E-state index < -0.39 is 0 Å². The zero-order chi connectivity index (χ0) is 23.4. The number of nitrogens with zero attached hydrogens (tertiary/aromatic N) is 4. The Bertz CT molecular complexity index is 1090. The molecule has 1 aromatic carbocycles. The van der Waals surface area contributed by atoms with Crippen LogP contribution in [-0.2, 0) is 0 Å². The number of rotatable bonds is 8. The molecule has 3 aromatic rings. The van der Waals surface area contributed by atoms with Gasteiger partial charge in [-0.05, 0) is 52.0 Å². The Labute approximate surface area is 193 Å². The molecule has 1 aliphatic rings. The SMILES string of the molecule is CCOc1cc(C(=O)N2CCN(c3nc4nc(C)ccc4o3)CC2)cc(OCC)c1OCC. The predicted molar refractivity (Wildman–Crippen MR) is 125 cm³/mol. The van der Waals surface area contributed by atoms with Crippen LogP contribution < -0.4 is 19.1 Å². The van der Waals surface area contributed by atoms with Gasteiger partial charge in [0, 0.05) is 37.4 Å². The molecule has 0 N–H and O–H groups in total. The lowest BCUT2D eigenvalue weighted by atomic mass is 10.1. The van der Waals surface area contributed by atoms with Crippen molar-refractivity contribution in [1.29, 1.82) is 0 Å². The number of carbonyl (C=O) groups excluding carboxylic acids is 1. The molecule has 176 valence electrons. The Morgan fingerprint density at radius 3 is 2.18 bits per heavy atom. The van der Waals surface area contributed by atoms with Crippen LogP contribution in [0.3, 0.4) is 0 Å². The molecule has 9 nitrogen and oxygen atoms in total. The van der Waals surface area contributed by atoms with Gasteiger partial charge in [-0.25, -0.2) is 4.98 Å². The Morgan fingerprint density at radius 2 is 1.58 bits per heavy atom. The monoisotopic (exact) mass is 454 g/mol. The first-order valence-corrected chi connectivity index (χ1v) is 11.4. The van der Waals surface area contributed by atoms with Gasteiger partial charge in [0.2, 0.25) is 11.4 Å². The van der Waals surface area contributed by atoms with Crippen LogP contribution in [0.4, 0.5) is 6.01 Å². The van der Waals surface area contributed by atoms with E-state index in [0.717, 1.165) is 5.69 Å². The molecule has 9 heteroatoms. The van der Waals surface area contributed by atoms with Gasteiger partial charge >= 0.3 is 0 Å². The van der Waals surface area contributed by atoms with Gasteiger partial charge in [0.1, 0.15) is 0 Å². The first-order valence-electron chi connectivity index (χ1n) is 11.4. The summed E-state index contributed by atoms with van der Waals surface area (Å²) < 4.78 is 23.1. The number of pyridine rings is 1. The summed E-state index contributed by atoms with van der Waals surface area (Å²) in [6.07, 6.45) is 0. The standard InChI is InChI=1S/C24H30N4O5/c1-5-30-19-14-17(15-20(31-6-2)21(19)32-7-3)23(29)27-10-12-28(13-11-27)24-26-22-18(33-24)9-8-16(4)25-22/h8-9,14-15H,5-7,10-13H2,1-4H3. The number of ether oxygens (including phenoxy) is 3. The van der Waals surface area contributed by atoms with Gasteiger partial charge in [-0.15, -0.1) is 0 Å². The molecule has 33 heavy (non-hydrogen) atoms. The minimum absolute atomic E-state index is 0.0746. The minimum atomic E-state index is -0.0746. The van der Waals surface area contributed by atoms with E-state index in [0.29, 0.717) is 86.1 Å². The van der Waals surface area contributed by atoms with E-state index in [1.54, 1.807) is 12.1 Å². The summed E-state index contributed by atoms with van der Waals surface area (Å²) in [7, 11) is 0. The van der Waals surface area contributed by atoms with Crippen molar-refractivity contribution in [2.75, 3.05) is 50.9 Å². The smallest absolute Gasteiger partial charge is 0.300 e. The van der Waals surface area contributed by atoms with Crippen molar-refractivity contribution < 1.29 is 23.4 Å². The fourth-order valence-corrected chi connectivity index (χ4v) is 3.83. The van der Waals surface area contributed by atoms with Crippen molar-refractivity contribution in [3.8, 4) is 17.2 Å². The lowest BCUT2D eigenvalue weighted by Crippen LogP contribution is -2.48. The highest BCUT2D eigenvalue weighted by molar-refractivity contribution is 5.96. The van der Waals surface area contributed by atoms with Crippen LogP contribution in [0.15, 0.2) is 28.7 Å². The third kappa shape index (κ3) is 4.81. The number of hydrogen-bond acceptors (Lipinski definition) is 8. The maximum absolute atomic E-state index is 13.3. The van der Waals surface area contributed by atoms with Gasteiger partial charge in [0.15, 0.2) is 17.1 Å². The average Bonchev–Trinajstić information content (AvgIpc) is 3.24. The van der Waals surface area contributed by atoms with Gasteiger partial charge in [0.25, 0.3) is 11.9 Å². The molecular weight excluding hydrogens is 424 g/mol. The van der Waals surface area contributed by atoms with Crippen molar-refractivity contribution in [1.82, 2.24) is 14.9 Å². The Kier molecular flexibility index (Phi) is 6.86. The van der Waals surface area contributed by atoms with Crippen LogP contribution in [0.2, 0.25) is 0 Å². The Morgan fingerprint density at radius 1 is 0.939 bits per heavy atom. The molecule has 3 heterocycles. The summed E-state index contributed by atoms with van der Waals surface area (Å²) in [5, 5.41) is 0. The van der Waals surface area contributed by atoms with E-state index in [-0.39, 0.29) is 5.91 Å². The van der Waals surface area contributed by atoms with E-state index in [4.69, 9.17) is 18.6 Å². The number of fused-ring (bicyclic) bond motifs is 1. The summed E-state index contributed by atoms with van der Waals surface area (Å²) in [5.41, 5.74) is 2.67. The van der Waals surface area contributed by atoms with Gasteiger partial charge < -0.3 is 28.4 Å². The number of anilines is 1. The molecule has 0 aliphatic carbocycles. The van der Waals surface area contributed by atoms with Crippen LogP contribution >= 0.6 is 0 Å². The molecule has 4 rings (SSSR count). The van der Waals surface area contributed by atoms with E-state index in [1.807, 2.05) is 49.6 Å². The maximum atomic E-state index is 13.3. The lowest BCUT2D eigenvalue weighted by Gasteiger charge is -2.34. The Balaban J connectivity index is 1.50. The highest BCUT2D eigenvalue weighted by Gasteiger charge is 2.27. The molecule has 1 saturated heterocycles. The number of amides is 1. The molecule has 0 unspecified atom stereocenters. The van der Waals surface area contributed by atoms with Crippen LogP contribution in [0.5, 0.6) is 17.2 Å². The molecule has 0 saturated carbocycles. The number of benzene rings is 1. The van der Waals surface area contributed by atoms with E-state index in [2.05, 4.69) is 9.97 Å². The summed E-state index contributed by atoms with van der Waals surface area (Å²) in [6.45, 7) is 11.3. The lowest BCUT2D eigenvalue weighted by molar-refractivity contribution is 0.0744. The number of aryl methyl sites for hydroxylation is 1. The summed E-state index contributed by atoms with van der Waals surface area (Å²) in [5.74, 6) is 1.49. The van der Waals surface area contributed by atoms with Crippen LogP contribution in [0.25, 0.3) is 11.2 Å². The zero-order valence-corrected chi connectivity index (χ0v) is 19.6. The molecule has 0 spiro atoms. The summed E-state index contributed by atoms with van der Waals surface area (Å²) in [4.78, 5) is 26.1. The number of hydrogen-bond donors (Lipinski definition) is 0. The number of aromatic nitrogens is 2. The quantitative estimate of drug-likeness (QED) is 0.509. The first kappa shape index (κ1) is 22.7. The number of oxazole rings is 1. The van der Waals surface area contributed by atoms with Gasteiger partial charge in [-0.1, -0.05) is 0 Å². The fraction of sp³-hybridized carbons (Fsp3) is 0.458. The second-order valence-electron chi connectivity index (χ2n) is 7.65.